The first-order valence-electron chi connectivity index (χ1n) is 6.66. The maximum Gasteiger partial charge on any atom is 0.254 e. The summed E-state index contributed by atoms with van der Waals surface area (Å²) in [5.74, 6) is 5.28. The zero-order valence-corrected chi connectivity index (χ0v) is 12.6. The predicted molar refractivity (Wildman–Crippen MR) is 80.8 cm³/mol. The van der Waals surface area contributed by atoms with Crippen molar-refractivity contribution in [3.8, 4) is 11.8 Å². The molecule has 21 heavy (non-hydrogen) atoms. The van der Waals surface area contributed by atoms with Gasteiger partial charge in [-0.05, 0) is 24.6 Å². The normalized spacial score (nSPS) is 9.52. The molecule has 1 rings (SSSR count). The molecule has 0 atom stereocenters. The summed E-state index contributed by atoms with van der Waals surface area (Å²) in [6, 6.07) is 5.36. The number of carbonyl (C=O) groups excluding carboxylic acids is 2. The third-order valence-corrected chi connectivity index (χ3v) is 2.94. The fraction of sp³-hybridized carbons (Fsp3) is 0.375. The predicted octanol–water partition coefficient (Wildman–Crippen LogP) is 0.547. The van der Waals surface area contributed by atoms with Gasteiger partial charge in [0.2, 0.25) is 5.91 Å². The number of amides is 2. The van der Waals surface area contributed by atoms with Crippen molar-refractivity contribution in [1.29, 1.82) is 0 Å². The number of rotatable bonds is 4. The highest BCUT2D eigenvalue weighted by molar-refractivity contribution is 5.97. The van der Waals surface area contributed by atoms with Crippen molar-refractivity contribution in [1.82, 2.24) is 10.2 Å². The third-order valence-electron chi connectivity index (χ3n) is 2.94. The van der Waals surface area contributed by atoms with E-state index < -0.39 is 0 Å². The average Bonchev–Trinajstić information content (AvgIpc) is 2.48. The second kappa shape index (κ2) is 8.08. The van der Waals surface area contributed by atoms with Crippen LogP contribution < -0.4 is 5.32 Å². The molecule has 0 aliphatic rings. The Morgan fingerprint density at radius 2 is 2.10 bits per heavy atom. The largest absolute Gasteiger partial charge is 0.395 e. The molecule has 2 N–H and O–H groups in total. The molecule has 0 aromatic heterocycles. The van der Waals surface area contributed by atoms with Gasteiger partial charge in [-0.1, -0.05) is 17.9 Å². The number of aryl methyl sites for hydroxylation is 1. The van der Waals surface area contributed by atoms with Gasteiger partial charge in [0.25, 0.3) is 5.91 Å². The summed E-state index contributed by atoms with van der Waals surface area (Å²) in [7, 11) is 3.12. The van der Waals surface area contributed by atoms with Crippen LogP contribution in [0.15, 0.2) is 18.2 Å². The lowest BCUT2D eigenvalue weighted by Crippen LogP contribution is -2.37. The minimum absolute atomic E-state index is 0.00912. The van der Waals surface area contributed by atoms with Crippen LogP contribution in [0.2, 0.25) is 0 Å². The second-order valence-electron chi connectivity index (χ2n) is 4.64. The van der Waals surface area contributed by atoms with Crippen LogP contribution in [0.5, 0.6) is 0 Å². The Morgan fingerprint density at radius 1 is 1.38 bits per heavy atom. The number of carbonyl (C=O) groups is 2. The van der Waals surface area contributed by atoms with Crippen LogP contribution >= 0.6 is 0 Å². The molecule has 2 amide bonds. The highest BCUT2D eigenvalue weighted by atomic mass is 16.2. The van der Waals surface area contributed by atoms with Crippen LogP contribution in [0.1, 0.15) is 27.9 Å². The summed E-state index contributed by atoms with van der Waals surface area (Å²) >= 11 is 0. The maximum absolute atomic E-state index is 12.4. The number of benzene rings is 1. The highest BCUT2D eigenvalue weighted by Crippen LogP contribution is 2.13. The number of aliphatic hydroxyl groups is 1. The van der Waals surface area contributed by atoms with Crippen LogP contribution in [0.3, 0.4) is 0 Å². The quantitative estimate of drug-likeness (QED) is 0.795. The van der Waals surface area contributed by atoms with Crippen molar-refractivity contribution < 1.29 is 14.7 Å². The fourth-order valence-electron chi connectivity index (χ4n) is 1.72. The van der Waals surface area contributed by atoms with Gasteiger partial charge in [0, 0.05) is 31.6 Å². The van der Waals surface area contributed by atoms with E-state index in [4.69, 9.17) is 5.11 Å². The molecule has 0 fully saturated rings. The molecule has 0 saturated heterocycles. The summed E-state index contributed by atoms with van der Waals surface area (Å²) in [4.78, 5) is 25.1. The standard InChI is InChI=1S/C16H20N2O3/c1-12-7-8-13(6-4-5-9-19)10-14(12)16(21)18(3)11-15(20)17-2/h7-8,10,19H,5,9,11H2,1-3H3,(H,17,20). The number of likely N-dealkylation sites (N-methyl/N-ethyl adjacent to an activating group) is 2. The number of nitrogens with one attached hydrogen (secondary N) is 1. The van der Waals surface area contributed by atoms with E-state index in [1.54, 1.807) is 13.1 Å². The summed E-state index contributed by atoms with van der Waals surface area (Å²) in [6.07, 6.45) is 0.397. The molecule has 0 heterocycles. The SMILES string of the molecule is CNC(=O)CN(C)C(=O)c1cc(C#CCCO)ccc1C. The average molecular weight is 288 g/mol. The second-order valence-corrected chi connectivity index (χ2v) is 4.64. The zero-order valence-electron chi connectivity index (χ0n) is 12.6. The first-order valence-corrected chi connectivity index (χ1v) is 6.66. The van der Waals surface area contributed by atoms with E-state index in [1.807, 2.05) is 19.1 Å². The van der Waals surface area contributed by atoms with E-state index in [1.165, 1.54) is 11.9 Å². The molecule has 5 heteroatoms. The monoisotopic (exact) mass is 288 g/mol. The molecule has 0 radical (unpaired) electrons. The Hall–Kier alpha value is -2.32. The molecular formula is C16H20N2O3. The van der Waals surface area contributed by atoms with Crippen LogP contribution in [-0.2, 0) is 4.79 Å². The Bertz CT molecular complexity index is 585. The molecule has 0 unspecified atom stereocenters. The van der Waals surface area contributed by atoms with E-state index >= 15 is 0 Å². The van der Waals surface area contributed by atoms with E-state index in [0.29, 0.717) is 17.5 Å². The van der Waals surface area contributed by atoms with Gasteiger partial charge in [-0.2, -0.15) is 0 Å². The number of hydrogen-bond donors (Lipinski definition) is 2. The summed E-state index contributed by atoms with van der Waals surface area (Å²) in [5.41, 5.74) is 2.07. The minimum atomic E-state index is -0.220. The molecular weight excluding hydrogens is 268 g/mol. The molecule has 0 bridgehead atoms. The van der Waals surface area contributed by atoms with E-state index in [-0.39, 0.29) is 25.0 Å². The fourth-order valence-corrected chi connectivity index (χ4v) is 1.72. The van der Waals surface area contributed by atoms with Crippen molar-refractivity contribution in [2.24, 2.45) is 0 Å². The lowest BCUT2D eigenvalue weighted by atomic mass is 10.0. The Morgan fingerprint density at radius 3 is 2.71 bits per heavy atom. The van der Waals surface area contributed by atoms with Gasteiger partial charge < -0.3 is 15.3 Å². The van der Waals surface area contributed by atoms with Crippen molar-refractivity contribution in [2.45, 2.75) is 13.3 Å². The van der Waals surface area contributed by atoms with Crippen molar-refractivity contribution in [3.63, 3.8) is 0 Å². The van der Waals surface area contributed by atoms with Gasteiger partial charge in [-0.15, -0.1) is 0 Å². The summed E-state index contributed by atoms with van der Waals surface area (Å²) in [6.45, 7) is 1.86. The highest BCUT2D eigenvalue weighted by Gasteiger charge is 2.16. The third kappa shape index (κ3) is 4.93. The van der Waals surface area contributed by atoms with Crippen LogP contribution in [0.4, 0.5) is 0 Å². The van der Waals surface area contributed by atoms with Gasteiger partial charge in [0.05, 0.1) is 13.2 Å². The Labute approximate surface area is 125 Å². The van der Waals surface area contributed by atoms with Crippen molar-refractivity contribution in [2.75, 3.05) is 27.2 Å². The van der Waals surface area contributed by atoms with E-state index in [2.05, 4.69) is 17.2 Å². The van der Waals surface area contributed by atoms with Gasteiger partial charge in [-0.25, -0.2) is 0 Å². The van der Waals surface area contributed by atoms with E-state index in [9.17, 15) is 9.59 Å². The number of hydrogen-bond acceptors (Lipinski definition) is 3. The van der Waals surface area contributed by atoms with Crippen LogP contribution in [0, 0.1) is 18.8 Å². The van der Waals surface area contributed by atoms with Crippen LogP contribution in [0.25, 0.3) is 0 Å². The Balaban J connectivity index is 2.96. The zero-order chi connectivity index (χ0) is 15.8. The lowest BCUT2D eigenvalue weighted by Gasteiger charge is -2.17. The molecule has 1 aromatic carbocycles. The van der Waals surface area contributed by atoms with Gasteiger partial charge in [0.15, 0.2) is 0 Å². The number of nitrogens with zero attached hydrogens (tertiary/aromatic N) is 1. The summed E-state index contributed by atoms with van der Waals surface area (Å²) < 4.78 is 0. The van der Waals surface area contributed by atoms with E-state index in [0.717, 1.165) is 5.56 Å². The molecule has 1 aromatic rings. The minimum Gasteiger partial charge on any atom is -0.395 e. The molecule has 0 saturated carbocycles. The Kier molecular flexibility index (Phi) is 6.44. The topological polar surface area (TPSA) is 69.6 Å². The molecule has 112 valence electrons. The van der Waals surface area contributed by atoms with Gasteiger partial charge >= 0.3 is 0 Å². The molecule has 0 aliphatic heterocycles. The maximum atomic E-state index is 12.4. The first-order chi connectivity index (χ1) is 9.99. The first kappa shape index (κ1) is 16.7. The summed E-state index contributed by atoms with van der Waals surface area (Å²) in [5, 5.41) is 11.2. The smallest absolute Gasteiger partial charge is 0.254 e. The van der Waals surface area contributed by atoms with Crippen molar-refractivity contribution in [3.05, 3.63) is 34.9 Å². The molecule has 0 aliphatic carbocycles. The van der Waals surface area contributed by atoms with Gasteiger partial charge in [0.1, 0.15) is 0 Å². The lowest BCUT2D eigenvalue weighted by molar-refractivity contribution is -0.121. The van der Waals surface area contributed by atoms with Gasteiger partial charge in [-0.3, -0.25) is 9.59 Å². The molecule has 0 spiro atoms. The molecule has 5 nitrogen and oxygen atoms in total. The van der Waals surface area contributed by atoms with Crippen molar-refractivity contribution >= 4 is 11.8 Å². The number of aliphatic hydroxyl groups excluding tert-OH is 1. The van der Waals surface area contributed by atoms with Crippen LogP contribution in [-0.4, -0.2) is 49.1 Å².